The Labute approximate surface area is 215 Å². The molecule has 2 aromatic carbocycles. The first-order chi connectivity index (χ1) is 16.8. The average Bonchev–Trinajstić information content (AvgIpc) is 3.37. The topological polar surface area (TPSA) is 83.7 Å². The van der Waals surface area contributed by atoms with Crippen molar-refractivity contribution in [2.75, 3.05) is 18.0 Å². The molecule has 6 nitrogen and oxygen atoms in total. The van der Waals surface area contributed by atoms with Crippen LogP contribution in [0.15, 0.2) is 42.5 Å². The summed E-state index contributed by atoms with van der Waals surface area (Å²) in [6.07, 6.45) is 3.19. The van der Waals surface area contributed by atoms with Crippen LogP contribution in [0.5, 0.6) is 0 Å². The normalized spacial score (nSPS) is 18.5. The van der Waals surface area contributed by atoms with E-state index in [-0.39, 0.29) is 11.5 Å². The zero-order valence-electron chi connectivity index (χ0n) is 20.3. The van der Waals surface area contributed by atoms with Crippen molar-refractivity contribution in [1.29, 1.82) is 0 Å². The summed E-state index contributed by atoms with van der Waals surface area (Å²) in [7, 11) is 0. The Balaban J connectivity index is 0.000000239. The van der Waals surface area contributed by atoms with Gasteiger partial charge in [0.2, 0.25) is 11.6 Å². The Morgan fingerprint density at radius 3 is 2.29 bits per heavy atom. The minimum Gasteiger partial charge on any atom is -0.342 e. The van der Waals surface area contributed by atoms with Gasteiger partial charge in [0.25, 0.3) is 0 Å². The Bertz CT molecular complexity index is 1310. The van der Waals surface area contributed by atoms with Gasteiger partial charge in [-0.1, -0.05) is 65.7 Å². The van der Waals surface area contributed by atoms with E-state index < -0.39 is 0 Å². The molecule has 1 unspecified atom stereocenters. The Hall–Kier alpha value is -2.67. The molecule has 1 spiro atoms. The molecule has 35 heavy (non-hydrogen) atoms. The number of anilines is 1. The quantitative estimate of drug-likeness (QED) is 0.323. The van der Waals surface area contributed by atoms with Crippen LogP contribution in [0.4, 0.5) is 5.95 Å². The summed E-state index contributed by atoms with van der Waals surface area (Å²) in [4.78, 5) is 18.9. The molecule has 3 heterocycles. The van der Waals surface area contributed by atoms with Crippen LogP contribution in [-0.4, -0.2) is 33.0 Å². The summed E-state index contributed by atoms with van der Waals surface area (Å²) in [6.45, 7) is 7.71. The van der Waals surface area contributed by atoms with Gasteiger partial charge in [0.05, 0.1) is 5.69 Å². The third kappa shape index (κ3) is 4.51. The summed E-state index contributed by atoms with van der Waals surface area (Å²) in [5.74, 6) is 0.820. The number of aryl methyl sites for hydroxylation is 3. The van der Waals surface area contributed by atoms with Gasteiger partial charge in [-0.2, -0.15) is 4.98 Å². The van der Waals surface area contributed by atoms with Gasteiger partial charge in [-0.05, 0) is 67.7 Å². The summed E-state index contributed by atoms with van der Waals surface area (Å²) >= 11 is 11.9. The maximum atomic E-state index is 6.66. The average molecular weight is 509 g/mol. The van der Waals surface area contributed by atoms with Gasteiger partial charge >= 0.3 is 0 Å². The van der Waals surface area contributed by atoms with Crippen LogP contribution >= 0.6 is 23.2 Å². The van der Waals surface area contributed by atoms with Crippen molar-refractivity contribution in [2.45, 2.75) is 46.1 Å². The number of rotatable bonds is 1. The first kappa shape index (κ1) is 24.0. The van der Waals surface area contributed by atoms with Crippen molar-refractivity contribution in [1.82, 2.24) is 19.9 Å². The molecular formula is C27H30Cl2N6. The molecule has 2 aliphatic rings. The van der Waals surface area contributed by atoms with Gasteiger partial charge in [-0.25, -0.2) is 9.97 Å². The van der Waals surface area contributed by atoms with Crippen molar-refractivity contribution >= 4 is 40.4 Å². The number of hydrogen-bond donors (Lipinski definition) is 2. The van der Waals surface area contributed by atoms with Crippen molar-refractivity contribution in [3.8, 4) is 0 Å². The van der Waals surface area contributed by atoms with E-state index >= 15 is 0 Å². The Morgan fingerprint density at radius 2 is 1.63 bits per heavy atom. The molecule has 1 aliphatic carbocycles. The second kappa shape index (κ2) is 9.41. The number of nitrogens with two attached hydrogens (primary N) is 1. The SMILES string of the molecule is Cc1cccc(C)c1Cl.Cc1nc2[nH]c(N3CCC4(CC3)Cc3ccccc3C4N)nc2nc1Cl. The highest BCUT2D eigenvalue weighted by Crippen LogP contribution is 2.50. The molecule has 1 fully saturated rings. The van der Waals surface area contributed by atoms with Gasteiger partial charge in [0, 0.05) is 24.2 Å². The van der Waals surface area contributed by atoms with E-state index in [2.05, 4.69) is 49.1 Å². The van der Waals surface area contributed by atoms with E-state index in [4.69, 9.17) is 28.9 Å². The minimum atomic E-state index is 0.126. The van der Waals surface area contributed by atoms with E-state index in [0.29, 0.717) is 22.1 Å². The standard InChI is InChI=1S/C19H21ClN6.C8H9Cl/c1-11-15(20)23-17-16(22-11)24-18(25-17)26-8-6-19(7-9-26)10-12-4-2-3-5-13(12)14(19)21;1-6-4-3-5-7(2)8(6)9/h2-5,14H,6-10,21H2,1H3,(H,22,23,24,25);3-5H,1-2H3. The van der Waals surface area contributed by atoms with Crippen LogP contribution < -0.4 is 10.6 Å². The molecular weight excluding hydrogens is 479 g/mol. The highest BCUT2D eigenvalue weighted by atomic mass is 35.5. The lowest BCUT2D eigenvalue weighted by Crippen LogP contribution is -2.44. The van der Waals surface area contributed by atoms with E-state index in [1.807, 2.05) is 39.0 Å². The van der Waals surface area contributed by atoms with Gasteiger partial charge in [0.1, 0.15) is 0 Å². The maximum absolute atomic E-state index is 6.66. The van der Waals surface area contributed by atoms with Crippen LogP contribution in [0.3, 0.4) is 0 Å². The molecule has 182 valence electrons. The first-order valence-electron chi connectivity index (χ1n) is 12.0. The number of nitrogens with one attached hydrogen (secondary N) is 1. The van der Waals surface area contributed by atoms with E-state index in [1.54, 1.807) is 0 Å². The molecule has 8 heteroatoms. The van der Waals surface area contributed by atoms with Gasteiger partial charge < -0.3 is 15.6 Å². The number of fused-ring (bicyclic) bond motifs is 2. The highest BCUT2D eigenvalue weighted by molar-refractivity contribution is 6.32. The molecule has 1 aliphatic heterocycles. The number of H-pyrrole nitrogens is 1. The molecule has 0 bridgehead atoms. The number of nitrogens with zero attached hydrogens (tertiary/aromatic N) is 4. The summed E-state index contributed by atoms with van der Waals surface area (Å²) in [5.41, 5.74) is 13.8. The summed E-state index contributed by atoms with van der Waals surface area (Å²) in [6, 6.07) is 14.8. The lowest BCUT2D eigenvalue weighted by Gasteiger charge is -2.42. The van der Waals surface area contributed by atoms with Crippen LogP contribution in [0.1, 0.15) is 46.8 Å². The lowest BCUT2D eigenvalue weighted by molar-refractivity contribution is 0.187. The van der Waals surface area contributed by atoms with E-state index in [1.165, 1.54) is 11.1 Å². The fourth-order valence-corrected chi connectivity index (χ4v) is 5.55. The summed E-state index contributed by atoms with van der Waals surface area (Å²) in [5, 5.41) is 1.29. The number of benzene rings is 2. The van der Waals surface area contributed by atoms with E-state index in [9.17, 15) is 0 Å². The van der Waals surface area contributed by atoms with Crippen molar-refractivity contribution in [2.24, 2.45) is 11.1 Å². The molecule has 4 aromatic rings. The molecule has 0 amide bonds. The zero-order valence-corrected chi connectivity index (χ0v) is 21.8. The predicted octanol–water partition coefficient (Wildman–Crippen LogP) is 6.11. The largest absolute Gasteiger partial charge is 0.342 e. The van der Waals surface area contributed by atoms with Gasteiger partial charge in [0.15, 0.2) is 10.8 Å². The number of aromatic nitrogens is 4. The maximum Gasteiger partial charge on any atom is 0.206 e. The third-order valence-corrected chi connectivity index (χ3v) is 8.43. The van der Waals surface area contributed by atoms with E-state index in [0.717, 1.165) is 54.4 Å². The van der Waals surface area contributed by atoms with Crippen molar-refractivity contribution in [3.63, 3.8) is 0 Å². The Morgan fingerprint density at radius 1 is 0.943 bits per heavy atom. The molecule has 2 aromatic heterocycles. The van der Waals surface area contributed by atoms with Crippen LogP contribution in [0.2, 0.25) is 10.2 Å². The number of hydrogen-bond acceptors (Lipinski definition) is 5. The van der Waals surface area contributed by atoms with Crippen LogP contribution in [-0.2, 0) is 6.42 Å². The molecule has 6 rings (SSSR count). The van der Waals surface area contributed by atoms with Crippen LogP contribution in [0, 0.1) is 26.2 Å². The zero-order chi connectivity index (χ0) is 24.7. The Kier molecular flexibility index (Phi) is 6.47. The molecule has 0 saturated carbocycles. The second-order valence-corrected chi connectivity index (χ2v) is 10.5. The fourth-order valence-electron chi connectivity index (χ4n) is 5.30. The first-order valence-corrected chi connectivity index (χ1v) is 12.7. The van der Waals surface area contributed by atoms with Crippen LogP contribution in [0.25, 0.3) is 11.3 Å². The van der Waals surface area contributed by atoms with Gasteiger partial charge in [-0.15, -0.1) is 0 Å². The number of aromatic amines is 1. The predicted molar refractivity (Wildman–Crippen MR) is 143 cm³/mol. The number of imidazole rings is 1. The van der Waals surface area contributed by atoms with Crippen molar-refractivity contribution < 1.29 is 0 Å². The van der Waals surface area contributed by atoms with Crippen molar-refractivity contribution in [3.05, 3.63) is 80.6 Å². The monoisotopic (exact) mass is 508 g/mol. The number of piperidine rings is 1. The minimum absolute atomic E-state index is 0.126. The molecule has 1 saturated heterocycles. The van der Waals surface area contributed by atoms with Gasteiger partial charge in [-0.3, -0.25) is 0 Å². The summed E-state index contributed by atoms with van der Waals surface area (Å²) < 4.78 is 0. The third-order valence-electron chi connectivity index (χ3n) is 7.47. The lowest BCUT2D eigenvalue weighted by atomic mass is 9.73. The number of halogens is 2. The highest BCUT2D eigenvalue weighted by Gasteiger charge is 2.46. The second-order valence-electron chi connectivity index (χ2n) is 9.74. The molecule has 0 radical (unpaired) electrons. The smallest absolute Gasteiger partial charge is 0.206 e. The fraction of sp³-hybridized carbons (Fsp3) is 0.370. The molecule has 3 N–H and O–H groups in total. The molecule has 1 atom stereocenters.